The zero-order chi connectivity index (χ0) is 18.4. The summed E-state index contributed by atoms with van der Waals surface area (Å²) in [5.74, 6) is 0. The van der Waals surface area contributed by atoms with E-state index in [4.69, 9.17) is 4.74 Å². The van der Waals surface area contributed by atoms with Crippen LogP contribution in [0.25, 0.3) is 5.69 Å². The van der Waals surface area contributed by atoms with Gasteiger partial charge in [-0.15, -0.1) is 5.10 Å². The van der Waals surface area contributed by atoms with Crippen LogP contribution < -0.4 is 4.31 Å². The summed E-state index contributed by atoms with van der Waals surface area (Å²) in [7, 11) is 0. The van der Waals surface area contributed by atoms with Gasteiger partial charge in [0.1, 0.15) is 6.33 Å². The summed E-state index contributed by atoms with van der Waals surface area (Å²) in [5, 5.41) is 11.0. The highest BCUT2D eigenvalue weighted by Gasteiger charge is 2.28. The highest BCUT2D eigenvalue weighted by Crippen LogP contribution is 2.31. The predicted octanol–water partition coefficient (Wildman–Crippen LogP) is 1.65. The van der Waals surface area contributed by atoms with Crippen LogP contribution in [-0.2, 0) is 20.8 Å². The molecule has 0 bridgehead atoms. The molecule has 1 N–H and O–H groups in total. The number of hydrogen-bond donors (Lipinski definition) is 1. The molecule has 0 radical (unpaired) electrons. The lowest BCUT2D eigenvalue weighted by atomic mass is 9.92. The lowest BCUT2D eigenvalue weighted by Crippen LogP contribution is -2.39. The molecule has 0 saturated carbocycles. The Morgan fingerprint density at radius 3 is 2.85 bits per heavy atom. The molecule has 2 unspecified atom stereocenters. The summed E-state index contributed by atoms with van der Waals surface area (Å²) in [6.45, 7) is 0.675. The first-order valence-corrected chi connectivity index (χ1v) is 9.25. The summed E-state index contributed by atoms with van der Waals surface area (Å²) >= 11 is -2.19. The van der Waals surface area contributed by atoms with Crippen LogP contribution in [0.4, 0.5) is 5.69 Å². The number of nitrogens with zero attached hydrogens (tertiary/aromatic N) is 5. The van der Waals surface area contributed by atoms with Crippen molar-refractivity contribution in [2.45, 2.75) is 31.7 Å². The fourth-order valence-corrected chi connectivity index (χ4v) is 3.85. The maximum absolute atomic E-state index is 12.1. The quantitative estimate of drug-likeness (QED) is 0.322. The number of aromatic nitrogens is 4. The Hall–Kier alpha value is -2.59. The summed E-state index contributed by atoms with van der Waals surface area (Å²) in [6, 6.07) is 6.88. The SMILES string of the molecule is O=COCCC1=CCCCC1N(c1ccc(-n2cnnn2)cc1)S(=O)O. The van der Waals surface area contributed by atoms with Crippen molar-refractivity contribution in [2.75, 3.05) is 10.9 Å². The topological polar surface area (TPSA) is 110 Å². The number of tetrazole rings is 1. The smallest absolute Gasteiger partial charge is 0.293 e. The Labute approximate surface area is 153 Å². The van der Waals surface area contributed by atoms with Crippen molar-refractivity contribution in [3.8, 4) is 5.69 Å². The molecule has 1 heterocycles. The van der Waals surface area contributed by atoms with Gasteiger partial charge in [0.05, 0.1) is 24.0 Å². The summed E-state index contributed by atoms with van der Waals surface area (Å²) in [4.78, 5) is 10.4. The molecule has 0 amide bonds. The van der Waals surface area contributed by atoms with Crippen molar-refractivity contribution in [2.24, 2.45) is 0 Å². The monoisotopic (exact) mass is 377 g/mol. The molecule has 10 heteroatoms. The number of carbonyl (C=O) groups is 1. The van der Waals surface area contributed by atoms with Gasteiger partial charge in [-0.3, -0.25) is 13.7 Å². The molecule has 0 aliphatic heterocycles. The maximum atomic E-state index is 12.1. The highest BCUT2D eigenvalue weighted by molar-refractivity contribution is 7.80. The number of hydrogen-bond acceptors (Lipinski definition) is 6. The van der Waals surface area contributed by atoms with Crippen molar-refractivity contribution in [3.05, 3.63) is 42.2 Å². The minimum Gasteiger partial charge on any atom is -0.468 e. The van der Waals surface area contributed by atoms with Gasteiger partial charge in [0.15, 0.2) is 0 Å². The number of anilines is 1. The van der Waals surface area contributed by atoms with Crippen LogP contribution in [-0.4, -0.2) is 48.1 Å². The van der Waals surface area contributed by atoms with Gasteiger partial charge < -0.3 is 4.74 Å². The first kappa shape index (κ1) is 18.2. The van der Waals surface area contributed by atoms with Crippen LogP contribution >= 0.6 is 0 Å². The summed E-state index contributed by atoms with van der Waals surface area (Å²) in [6.07, 6.45) is 6.69. The standard InChI is InChI=1S/C16H19N5O4S/c22-12-25-10-9-13-3-1-2-4-16(13)21(26(23)24)15-7-5-14(6-8-15)20-11-17-18-19-20/h3,5-8,11-12,16H,1-2,4,9-10H2,(H,23,24). The van der Waals surface area contributed by atoms with Crippen molar-refractivity contribution >= 4 is 23.4 Å². The minimum atomic E-state index is -2.19. The maximum Gasteiger partial charge on any atom is 0.293 e. The first-order valence-electron chi connectivity index (χ1n) is 8.18. The van der Waals surface area contributed by atoms with E-state index in [0.29, 0.717) is 18.6 Å². The Morgan fingerprint density at radius 2 is 2.19 bits per heavy atom. The normalized spacial score (nSPS) is 18.0. The fraction of sp³-hybridized carbons (Fsp3) is 0.375. The zero-order valence-electron chi connectivity index (χ0n) is 14.0. The lowest BCUT2D eigenvalue weighted by molar-refractivity contribution is -0.128. The molecule has 1 aromatic heterocycles. The summed E-state index contributed by atoms with van der Waals surface area (Å²) in [5.41, 5.74) is 2.38. The van der Waals surface area contributed by atoms with E-state index in [1.165, 1.54) is 15.3 Å². The molecule has 9 nitrogen and oxygen atoms in total. The first-order chi connectivity index (χ1) is 12.7. The number of allylic oxidation sites excluding steroid dienone is 1. The fourth-order valence-electron chi connectivity index (χ4n) is 3.09. The van der Waals surface area contributed by atoms with Gasteiger partial charge in [0.2, 0.25) is 0 Å². The van der Waals surface area contributed by atoms with Gasteiger partial charge in [-0.25, -0.2) is 8.89 Å². The Kier molecular flexibility index (Phi) is 6.08. The van der Waals surface area contributed by atoms with Gasteiger partial charge >= 0.3 is 0 Å². The molecular formula is C16H19N5O4S. The van der Waals surface area contributed by atoms with Gasteiger partial charge in [-0.1, -0.05) is 6.08 Å². The molecule has 138 valence electrons. The minimum absolute atomic E-state index is 0.219. The molecule has 3 rings (SSSR count). The second-order valence-electron chi connectivity index (χ2n) is 5.77. The van der Waals surface area contributed by atoms with Gasteiger partial charge in [0, 0.05) is 6.42 Å². The van der Waals surface area contributed by atoms with E-state index in [1.807, 2.05) is 0 Å². The van der Waals surface area contributed by atoms with Crippen LogP contribution in [0.5, 0.6) is 0 Å². The van der Waals surface area contributed by atoms with E-state index in [2.05, 4.69) is 21.6 Å². The van der Waals surface area contributed by atoms with Crippen molar-refractivity contribution in [1.82, 2.24) is 20.2 Å². The molecule has 2 aromatic rings. The van der Waals surface area contributed by atoms with Crippen molar-refractivity contribution in [1.29, 1.82) is 0 Å². The molecule has 0 saturated heterocycles. The lowest BCUT2D eigenvalue weighted by Gasteiger charge is -2.34. The van der Waals surface area contributed by atoms with E-state index in [0.717, 1.165) is 30.5 Å². The Morgan fingerprint density at radius 1 is 1.38 bits per heavy atom. The summed E-state index contributed by atoms with van der Waals surface area (Å²) < 4.78 is 29.8. The molecule has 1 aliphatic rings. The van der Waals surface area contributed by atoms with Gasteiger partial charge in [-0.05, 0) is 59.5 Å². The van der Waals surface area contributed by atoms with Crippen LogP contribution in [0.2, 0.25) is 0 Å². The third-order valence-corrected chi connectivity index (χ3v) is 5.06. The number of ether oxygens (including phenoxy) is 1. The van der Waals surface area contributed by atoms with Crippen LogP contribution in [0.1, 0.15) is 25.7 Å². The molecule has 0 fully saturated rings. The third kappa shape index (κ3) is 4.14. The number of carbonyl (C=O) groups excluding carboxylic acids is 1. The molecule has 1 aromatic carbocycles. The predicted molar refractivity (Wildman–Crippen MR) is 94.8 cm³/mol. The second-order valence-corrected chi connectivity index (χ2v) is 6.62. The molecule has 1 aliphatic carbocycles. The van der Waals surface area contributed by atoms with Crippen molar-refractivity contribution < 1.29 is 18.3 Å². The second kappa shape index (κ2) is 8.68. The van der Waals surface area contributed by atoms with Crippen LogP contribution in [0, 0.1) is 0 Å². The van der Waals surface area contributed by atoms with Crippen molar-refractivity contribution in [3.63, 3.8) is 0 Å². The van der Waals surface area contributed by atoms with Gasteiger partial charge in [0.25, 0.3) is 17.7 Å². The molecule has 2 atom stereocenters. The largest absolute Gasteiger partial charge is 0.468 e. The van der Waals surface area contributed by atoms with E-state index < -0.39 is 11.3 Å². The van der Waals surface area contributed by atoms with Crippen LogP contribution in [0.15, 0.2) is 42.2 Å². The zero-order valence-corrected chi connectivity index (χ0v) is 14.8. The Bertz CT molecular complexity index is 778. The third-order valence-electron chi connectivity index (χ3n) is 4.26. The number of rotatable bonds is 8. The average Bonchev–Trinajstić information content (AvgIpc) is 3.18. The van der Waals surface area contributed by atoms with E-state index in [1.54, 1.807) is 24.3 Å². The number of benzene rings is 1. The molecule has 26 heavy (non-hydrogen) atoms. The average molecular weight is 377 g/mol. The molecular weight excluding hydrogens is 358 g/mol. The highest BCUT2D eigenvalue weighted by atomic mass is 32.2. The van der Waals surface area contributed by atoms with Gasteiger partial charge in [-0.2, -0.15) is 0 Å². The van der Waals surface area contributed by atoms with E-state index >= 15 is 0 Å². The van der Waals surface area contributed by atoms with E-state index in [9.17, 15) is 13.6 Å². The van der Waals surface area contributed by atoms with E-state index in [-0.39, 0.29) is 12.6 Å². The molecule has 0 spiro atoms. The Balaban J connectivity index is 1.83. The van der Waals surface area contributed by atoms with Crippen LogP contribution in [0.3, 0.4) is 0 Å².